The zero-order chi connectivity index (χ0) is 28.1. The maximum Gasteiger partial charge on any atom is 0.294 e. The Morgan fingerprint density at radius 3 is 2.59 bits per heavy atom. The van der Waals surface area contributed by atoms with Crippen molar-refractivity contribution in [2.24, 2.45) is 5.92 Å². The lowest BCUT2D eigenvalue weighted by Crippen LogP contribution is -2.45. The summed E-state index contributed by atoms with van der Waals surface area (Å²) in [5, 5.41) is 2.69. The Balaban J connectivity index is 1.37. The van der Waals surface area contributed by atoms with Gasteiger partial charge >= 0.3 is 0 Å². The van der Waals surface area contributed by atoms with Crippen LogP contribution in [0.1, 0.15) is 25.3 Å². The normalized spacial score (nSPS) is 17.1. The summed E-state index contributed by atoms with van der Waals surface area (Å²) in [5.74, 6) is 0.123. The van der Waals surface area contributed by atoms with Gasteiger partial charge in [-0.15, -0.1) is 0 Å². The van der Waals surface area contributed by atoms with E-state index in [4.69, 9.17) is 21.1 Å². The number of methoxy groups -OCH3 is 1. The molecule has 0 radical (unpaired) electrons. The zero-order valence-electron chi connectivity index (χ0n) is 21.4. The molecule has 2 aliphatic rings. The minimum absolute atomic E-state index is 0.211. The molecule has 2 saturated heterocycles. The summed E-state index contributed by atoms with van der Waals surface area (Å²) in [6, 6.07) is 9.97. The number of benzene rings is 2. The Bertz CT molecular complexity index is 1330. The van der Waals surface area contributed by atoms with Crippen LogP contribution in [0.2, 0.25) is 5.02 Å². The highest BCUT2D eigenvalue weighted by molar-refractivity contribution is 9.10. The molecule has 0 aliphatic carbocycles. The van der Waals surface area contributed by atoms with E-state index in [1.165, 1.54) is 7.11 Å². The lowest BCUT2D eigenvalue weighted by molar-refractivity contribution is -0.136. The first-order valence-corrected chi connectivity index (χ1v) is 14.2. The maximum atomic E-state index is 12.9. The number of hydrogen-bond donors (Lipinski definition) is 1. The molecule has 4 rings (SSSR count). The van der Waals surface area contributed by atoms with E-state index in [9.17, 15) is 19.2 Å². The first-order valence-electron chi connectivity index (χ1n) is 12.2. The van der Waals surface area contributed by atoms with Gasteiger partial charge in [-0.2, -0.15) is 0 Å². The average Bonchev–Trinajstić information content (AvgIpc) is 3.17. The van der Waals surface area contributed by atoms with Gasteiger partial charge in [0, 0.05) is 23.2 Å². The molecule has 0 aromatic heterocycles. The molecule has 206 valence electrons. The molecular weight excluding hydrogens is 610 g/mol. The van der Waals surface area contributed by atoms with Crippen molar-refractivity contribution >= 4 is 74.0 Å². The second-order valence-corrected chi connectivity index (χ2v) is 11.5. The number of ether oxygens (including phenoxy) is 2. The molecule has 2 aromatic carbocycles. The monoisotopic (exact) mass is 635 g/mol. The number of rotatable bonds is 8. The minimum Gasteiger partial charge on any atom is -0.493 e. The van der Waals surface area contributed by atoms with Crippen molar-refractivity contribution in [2.45, 2.75) is 19.8 Å². The number of nitrogens with zero attached hydrogens (tertiary/aromatic N) is 2. The number of imide groups is 1. The maximum absolute atomic E-state index is 12.9. The number of amides is 4. The van der Waals surface area contributed by atoms with E-state index >= 15 is 0 Å². The second kappa shape index (κ2) is 12.9. The summed E-state index contributed by atoms with van der Waals surface area (Å²) in [5.41, 5.74) is 1.12. The number of likely N-dealkylation sites (tertiary alicyclic amines) is 1. The van der Waals surface area contributed by atoms with Crippen LogP contribution in [-0.4, -0.2) is 66.1 Å². The lowest BCUT2D eigenvalue weighted by atomic mass is 9.99. The molecule has 2 aromatic rings. The standard InChI is InChI=1S/C27H27BrClN3O6S/c1-16-7-9-31(10-8-16)25(34)14-32-26(35)23(39-27(32)36)12-17-3-6-21(22(11-17)37-2)38-15-24(33)30-18-4-5-19(28)20(29)13-18/h3-6,11-13,16H,7-10,14-15H2,1-2H3,(H,30,33)/b23-12+. The lowest BCUT2D eigenvalue weighted by Gasteiger charge is -2.31. The molecule has 4 amide bonds. The Kier molecular flexibility index (Phi) is 9.58. The Morgan fingerprint density at radius 1 is 1.15 bits per heavy atom. The minimum atomic E-state index is -0.507. The highest BCUT2D eigenvalue weighted by Crippen LogP contribution is 2.35. The van der Waals surface area contributed by atoms with Crippen LogP contribution in [0.25, 0.3) is 6.08 Å². The smallest absolute Gasteiger partial charge is 0.294 e. The quantitative estimate of drug-likeness (QED) is 0.386. The molecule has 0 atom stereocenters. The molecule has 2 fully saturated rings. The molecule has 2 heterocycles. The van der Waals surface area contributed by atoms with E-state index < -0.39 is 11.1 Å². The molecule has 1 N–H and O–H groups in total. The number of hydrogen-bond acceptors (Lipinski definition) is 7. The van der Waals surface area contributed by atoms with Gasteiger partial charge in [0.1, 0.15) is 6.54 Å². The molecule has 0 unspecified atom stereocenters. The van der Waals surface area contributed by atoms with Crippen molar-refractivity contribution < 1.29 is 28.7 Å². The van der Waals surface area contributed by atoms with Gasteiger partial charge in [-0.3, -0.25) is 24.1 Å². The summed E-state index contributed by atoms with van der Waals surface area (Å²) < 4.78 is 11.7. The zero-order valence-corrected chi connectivity index (χ0v) is 24.5. The van der Waals surface area contributed by atoms with E-state index in [-0.39, 0.29) is 29.9 Å². The molecule has 0 saturated carbocycles. The van der Waals surface area contributed by atoms with Crippen molar-refractivity contribution in [1.29, 1.82) is 0 Å². The molecule has 0 bridgehead atoms. The van der Waals surface area contributed by atoms with Crippen LogP contribution in [0.3, 0.4) is 0 Å². The third-order valence-electron chi connectivity index (χ3n) is 6.35. The Labute approximate surface area is 243 Å². The van der Waals surface area contributed by atoms with E-state index in [0.717, 1.165) is 29.5 Å². The van der Waals surface area contributed by atoms with Crippen LogP contribution in [-0.2, 0) is 14.4 Å². The molecular formula is C27H27BrClN3O6S. The summed E-state index contributed by atoms with van der Waals surface area (Å²) in [4.78, 5) is 53.3. The number of anilines is 1. The number of halogens is 2. The fraction of sp³-hybridized carbons (Fsp3) is 0.333. The number of thioether (sulfide) groups is 1. The van der Waals surface area contributed by atoms with Crippen molar-refractivity contribution in [2.75, 3.05) is 38.7 Å². The molecule has 9 nitrogen and oxygen atoms in total. The third kappa shape index (κ3) is 7.34. The van der Waals surface area contributed by atoms with E-state index in [2.05, 4.69) is 28.2 Å². The van der Waals surface area contributed by atoms with Gasteiger partial charge in [-0.25, -0.2) is 0 Å². The van der Waals surface area contributed by atoms with Gasteiger partial charge in [0.15, 0.2) is 18.1 Å². The van der Waals surface area contributed by atoms with E-state index in [1.54, 1.807) is 47.4 Å². The average molecular weight is 637 g/mol. The van der Waals surface area contributed by atoms with Crippen molar-refractivity contribution in [3.63, 3.8) is 0 Å². The first kappa shape index (κ1) is 29.0. The van der Waals surface area contributed by atoms with Crippen LogP contribution in [0.15, 0.2) is 45.8 Å². The van der Waals surface area contributed by atoms with Gasteiger partial charge in [0.2, 0.25) is 5.91 Å². The van der Waals surface area contributed by atoms with E-state index in [0.29, 0.717) is 51.3 Å². The van der Waals surface area contributed by atoms with Crippen LogP contribution in [0.4, 0.5) is 10.5 Å². The van der Waals surface area contributed by atoms with Crippen molar-refractivity contribution in [1.82, 2.24) is 9.80 Å². The van der Waals surface area contributed by atoms with Gasteiger partial charge in [0.25, 0.3) is 17.1 Å². The van der Waals surface area contributed by atoms with Gasteiger partial charge in [-0.1, -0.05) is 24.6 Å². The topological polar surface area (TPSA) is 105 Å². The molecule has 2 aliphatic heterocycles. The van der Waals surface area contributed by atoms with Gasteiger partial charge < -0.3 is 19.7 Å². The summed E-state index contributed by atoms with van der Waals surface area (Å²) >= 11 is 10.1. The summed E-state index contributed by atoms with van der Waals surface area (Å²) in [6.45, 7) is 2.89. The summed E-state index contributed by atoms with van der Waals surface area (Å²) in [7, 11) is 1.46. The molecule has 0 spiro atoms. The van der Waals surface area contributed by atoms with Crippen LogP contribution < -0.4 is 14.8 Å². The molecule has 12 heteroatoms. The van der Waals surface area contributed by atoms with Crippen molar-refractivity contribution in [3.8, 4) is 11.5 Å². The SMILES string of the molecule is COc1cc(/C=C2/SC(=O)N(CC(=O)N3CCC(C)CC3)C2=O)ccc1OCC(=O)Nc1ccc(Br)c(Cl)c1. The predicted octanol–water partition coefficient (Wildman–Crippen LogP) is 5.42. The molecule has 39 heavy (non-hydrogen) atoms. The predicted molar refractivity (Wildman–Crippen MR) is 154 cm³/mol. The fourth-order valence-electron chi connectivity index (χ4n) is 4.09. The summed E-state index contributed by atoms with van der Waals surface area (Å²) in [6.07, 6.45) is 3.40. The van der Waals surface area contributed by atoms with Crippen LogP contribution in [0, 0.1) is 5.92 Å². The van der Waals surface area contributed by atoms with Gasteiger partial charge in [0.05, 0.1) is 17.0 Å². The number of carbonyl (C=O) groups excluding carboxylic acids is 4. The van der Waals surface area contributed by atoms with Crippen LogP contribution in [0.5, 0.6) is 11.5 Å². The van der Waals surface area contributed by atoms with Crippen molar-refractivity contribution in [3.05, 3.63) is 56.4 Å². The number of carbonyl (C=O) groups is 4. The largest absolute Gasteiger partial charge is 0.493 e. The first-order chi connectivity index (χ1) is 18.6. The van der Waals surface area contributed by atoms with E-state index in [1.807, 2.05) is 0 Å². The number of piperidine rings is 1. The Hall–Kier alpha value is -3.02. The number of nitrogens with one attached hydrogen (secondary N) is 1. The highest BCUT2D eigenvalue weighted by Gasteiger charge is 2.37. The third-order valence-corrected chi connectivity index (χ3v) is 8.49. The van der Waals surface area contributed by atoms with Gasteiger partial charge in [-0.05, 0) is 88.4 Å². The second-order valence-electron chi connectivity index (χ2n) is 9.21. The Morgan fingerprint density at radius 2 is 1.90 bits per heavy atom. The highest BCUT2D eigenvalue weighted by atomic mass is 79.9. The fourth-order valence-corrected chi connectivity index (χ4v) is 5.35. The van der Waals surface area contributed by atoms with Crippen LogP contribution >= 0.6 is 39.3 Å².